The molecule has 0 unspecified atom stereocenters. The first kappa shape index (κ1) is 14.0. The van der Waals surface area contributed by atoms with Gasteiger partial charge in [-0.25, -0.2) is 4.98 Å². The number of hydrogen-bond acceptors (Lipinski definition) is 6. The lowest BCUT2D eigenvalue weighted by Gasteiger charge is -2.05. The van der Waals surface area contributed by atoms with Crippen LogP contribution < -0.4 is 5.73 Å². The number of rotatable bonds is 10. The number of ether oxygens (including phenoxy) is 3. The SMILES string of the molecule is COCCOCCOCCn1cnc(CN)n1. The van der Waals surface area contributed by atoms with E-state index >= 15 is 0 Å². The molecule has 0 aliphatic rings. The van der Waals surface area contributed by atoms with Gasteiger partial charge in [-0.3, -0.25) is 4.68 Å². The minimum atomic E-state index is 0.362. The van der Waals surface area contributed by atoms with Crippen molar-refractivity contribution in [3.63, 3.8) is 0 Å². The van der Waals surface area contributed by atoms with Crippen LogP contribution in [-0.4, -0.2) is 54.9 Å². The van der Waals surface area contributed by atoms with Gasteiger partial charge >= 0.3 is 0 Å². The molecule has 0 aliphatic heterocycles. The average molecular weight is 244 g/mol. The predicted molar refractivity (Wildman–Crippen MR) is 61.4 cm³/mol. The van der Waals surface area contributed by atoms with Crippen molar-refractivity contribution in [3.05, 3.63) is 12.2 Å². The predicted octanol–water partition coefficient (Wildman–Crippen LogP) is -0.584. The van der Waals surface area contributed by atoms with Gasteiger partial charge in [-0.1, -0.05) is 0 Å². The van der Waals surface area contributed by atoms with Gasteiger partial charge in [0, 0.05) is 7.11 Å². The normalized spacial score (nSPS) is 10.9. The quantitative estimate of drug-likeness (QED) is 0.554. The van der Waals surface area contributed by atoms with Crippen molar-refractivity contribution in [2.24, 2.45) is 5.73 Å². The highest BCUT2D eigenvalue weighted by molar-refractivity contribution is 4.78. The van der Waals surface area contributed by atoms with E-state index in [-0.39, 0.29) is 0 Å². The maximum atomic E-state index is 5.40. The van der Waals surface area contributed by atoms with E-state index in [1.807, 2.05) is 0 Å². The van der Waals surface area contributed by atoms with Crippen molar-refractivity contribution in [2.45, 2.75) is 13.1 Å². The molecule has 2 N–H and O–H groups in total. The molecule has 0 atom stereocenters. The van der Waals surface area contributed by atoms with E-state index in [2.05, 4.69) is 10.1 Å². The van der Waals surface area contributed by atoms with Crippen molar-refractivity contribution in [2.75, 3.05) is 40.1 Å². The van der Waals surface area contributed by atoms with Gasteiger partial charge in [0.2, 0.25) is 0 Å². The molecule has 1 aromatic rings. The van der Waals surface area contributed by atoms with Crippen molar-refractivity contribution in [3.8, 4) is 0 Å². The minimum absolute atomic E-state index is 0.362. The van der Waals surface area contributed by atoms with E-state index in [0.29, 0.717) is 51.9 Å². The second-order valence-electron chi connectivity index (χ2n) is 3.35. The van der Waals surface area contributed by atoms with Gasteiger partial charge in [-0.05, 0) is 0 Å². The third-order valence-electron chi connectivity index (χ3n) is 2.04. The summed E-state index contributed by atoms with van der Waals surface area (Å²) in [6, 6.07) is 0. The molecule has 0 amide bonds. The minimum Gasteiger partial charge on any atom is -0.382 e. The molecule has 98 valence electrons. The van der Waals surface area contributed by atoms with Crippen LogP contribution in [0.5, 0.6) is 0 Å². The van der Waals surface area contributed by atoms with Gasteiger partial charge in [0.05, 0.1) is 46.1 Å². The molecule has 0 bridgehead atoms. The van der Waals surface area contributed by atoms with Crippen LogP contribution in [0.4, 0.5) is 0 Å². The molecule has 0 spiro atoms. The lowest BCUT2D eigenvalue weighted by atomic mass is 10.6. The second-order valence-corrected chi connectivity index (χ2v) is 3.35. The Morgan fingerprint density at radius 1 is 1.18 bits per heavy atom. The molecular weight excluding hydrogens is 224 g/mol. The Morgan fingerprint density at radius 3 is 2.53 bits per heavy atom. The van der Waals surface area contributed by atoms with E-state index in [1.165, 1.54) is 0 Å². The van der Waals surface area contributed by atoms with Crippen LogP contribution in [0.15, 0.2) is 6.33 Å². The van der Waals surface area contributed by atoms with Crippen molar-refractivity contribution in [1.29, 1.82) is 0 Å². The van der Waals surface area contributed by atoms with Gasteiger partial charge in [-0.2, -0.15) is 5.10 Å². The molecule has 7 heteroatoms. The van der Waals surface area contributed by atoms with Crippen LogP contribution in [0, 0.1) is 0 Å². The fourth-order valence-electron chi connectivity index (χ4n) is 1.16. The van der Waals surface area contributed by atoms with E-state index in [4.69, 9.17) is 19.9 Å². The fourth-order valence-corrected chi connectivity index (χ4v) is 1.16. The topological polar surface area (TPSA) is 84.4 Å². The number of aromatic nitrogens is 3. The highest BCUT2D eigenvalue weighted by atomic mass is 16.5. The zero-order chi connectivity index (χ0) is 12.3. The zero-order valence-corrected chi connectivity index (χ0v) is 10.2. The molecule has 1 aromatic heterocycles. The molecule has 0 saturated heterocycles. The van der Waals surface area contributed by atoms with Crippen LogP contribution in [0.2, 0.25) is 0 Å². The summed E-state index contributed by atoms with van der Waals surface area (Å²) in [5, 5.41) is 4.14. The number of methoxy groups -OCH3 is 1. The lowest BCUT2D eigenvalue weighted by molar-refractivity contribution is 0.0225. The molecular formula is C10H20N4O3. The monoisotopic (exact) mass is 244 g/mol. The maximum absolute atomic E-state index is 5.40. The average Bonchev–Trinajstić information content (AvgIpc) is 2.80. The highest BCUT2D eigenvalue weighted by Gasteiger charge is 1.97. The van der Waals surface area contributed by atoms with Gasteiger partial charge < -0.3 is 19.9 Å². The summed E-state index contributed by atoms with van der Waals surface area (Å²) in [5.41, 5.74) is 5.40. The van der Waals surface area contributed by atoms with Crippen LogP contribution in [0.1, 0.15) is 5.82 Å². The van der Waals surface area contributed by atoms with Crippen molar-refractivity contribution >= 4 is 0 Å². The molecule has 0 aliphatic carbocycles. The van der Waals surface area contributed by atoms with Crippen LogP contribution >= 0.6 is 0 Å². The third-order valence-corrected chi connectivity index (χ3v) is 2.04. The standard InChI is InChI=1S/C10H20N4O3/c1-15-4-5-17-7-6-16-3-2-14-9-12-10(8-11)13-14/h9H,2-8,11H2,1H3. The summed E-state index contributed by atoms with van der Waals surface area (Å²) in [4.78, 5) is 4.02. The lowest BCUT2D eigenvalue weighted by Crippen LogP contribution is -2.12. The van der Waals surface area contributed by atoms with E-state index < -0.39 is 0 Å². The van der Waals surface area contributed by atoms with Gasteiger partial charge in [0.25, 0.3) is 0 Å². The number of nitrogens with two attached hydrogens (primary N) is 1. The summed E-state index contributed by atoms with van der Waals surface area (Å²) in [7, 11) is 1.65. The summed E-state index contributed by atoms with van der Waals surface area (Å²) in [6.07, 6.45) is 1.65. The Morgan fingerprint density at radius 2 is 1.88 bits per heavy atom. The maximum Gasteiger partial charge on any atom is 0.164 e. The smallest absolute Gasteiger partial charge is 0.164 e. The Kier molecular flexibility index (Phi) is 7.48. The van der Waals surface area contributed by atoms with Crippen LogP contribution in [-0.2, 0) is 27.3 Å². The molecule has 0 aromatic carbocycles. The van der Waals surface area contributed by atoms with Crippen molar-refractivity contribution < 1.29 is 14.2 Å². The van der Waals surface area contributed by atoms with E-state index in [9.17, 15) is 0 Å². The first-order chi connectivity index (χ1) is 8.36. The molecule has 0 radical (unpaired) electrons. The van der Waals surface area contributed by atoms with Crippen LogP contribution in [0.3, 0.4) is 0 Å². The van der Waals surface area contributed by atoms with Gasteiger partial charge in [0.1, 0.15) is 6.33 Å². The summed E-state index contributed by atoms with van der Waals surface area (Å²) < 4.78 is 17.2. The molecule has 1 rings (SSSR count). The molecule has 17 heavy (non-hydrogen) atoms. The summed E-state index contributed by atoms with van der Waals surface area (Å²) >= 11 is 0. The first-order valence-electron chi connectivity index (χ1n) is 5.59. The molecule has 1 heterocycles. The van der Waals surface area contributed by atoms with Gasteiger partial charge in [0.15, 0.2) is 5.82 Å². The molecule has 0 fully saturated rings. The first-order valence-corrected chi connectivity index (χ1v) is 5.59. The fraction of sp³-hybridized carbons (Fsp3) is 0.800. The molecule has 0 saturated carbocycles. The zero-order valence-electron chi connectivity index (χ0n) is 10.2. The summed E-state index contributed by atoms with van der Waals surface area (Å²) in [5.74, 6) is 0.646. The third kappa shape index (κ3) is 6.32. The largest absolute Gasteiger partial charge is 0.382 e. The number of hydrogen-bond donors (Lipinski definition) is 1. The highest BCUT2D eigenvalue weighted by Crippen LogP contribution is 1.89. The van der Waals surface area contributed by atoms with E-state index in [1.54, 1.807) is 18.1 Å². The van der Waals surface area contributed by atoms with Crippen molar-refractivity contribution in [1.82, 2.24) is 14.8 Å². The Labute approximate surface area is 101 Å². The number of nitrogens with zero attached hydrogens (tertiary/aromatic N) is 3. The van der Waals surface area contributed by atoms with Crippen LogP contribution in [0.25, 0.3) is 0 Å². The Bertz CT molecular complexity index is 293. The Hall–Kier alpha value is -1.02. The summed E-state index contributed by atoms with van der Waals surface area (Å²) in [6.45, 7) is 3.98. The molecule has 7 nitrogen and oxygen atoms in total. The second kappa shape index (κ2) is 9.06. The Balaban J connectivity index is 1.93. The van der Waals surface area contributed by atoms with Gasteiger partial charge in [-0.15, -0.1) is 0 Å². The van der Waals surface area contributed by atoms with E-state index in [0.717, 1.165) is 0 Å².